The van der Waals surface area contributed by atoms with Crippen LogP contribution in [0, 0.1) is 7.43 Å². The predicted octanol–water partition coefficient (Wildman–Crippen LogP) is 3.36. The van der Waals surface area contributed by atoms with Gasteiger partial charge in [-0.1, -0.05) is 48.6 Å². The van der Waals surface area contributed by atoms with Gasteiger partial charge in [-0.15, -0.1) is 6.58 Å². The fraction of sp³-hybridized carbons (Fsp3) is 0.0833. The normalized spacial score (nSPS) is 9.33. The molecule has 0 unspecified atom stereocenters. The lowest BCUT2D eigenvalue weighted by molar-refractivity contribution is 1.42. The fourth-order valence-corrected chi connectivity index (χ4v) is 0.864. The van der Waals surface area contributed by atoms with Gasteiger partial charge >= 0.3 is 0 Å². The number of benzene rings is 1. The van der Waals surface area contributed by atoms with Gasteiger partial charge in [0, 0.05) is 7.43 Å². The van der Waals surface area contributed by atoms with Crippen molar-refractivity contribution in [2.75, 3.05) is 0 Å². The zero-order chi connectivity index (χ0) is 7.94. The van der Waals surface area contributed by atoms with E-state index in [2.05, 4.69) is 30.9 Å². The van der Waals surface area contributed by atoms with Crippen LogP contribution in [0.5, 0.6) is 0 Å². The van der Waals surface area contributed by atoms with Crippen molar-refractivity contribution >= 4 is 6.08 Å². The Balaban J connectivity index is 0.00000121. The number of allylic oxidation sites excluding steroid dienone is 2. The topological polar surface area (TPSA) is 0 Å². The van der Waals surface area contributed by atoms with Crippen molar-refractivity contribution in [1.82, 2.24) is 0 Å². The molecule has 12 heavy (non-hydrogen) atoms. The van der Waals surface area contributed by atoms with Crippen LogP contribution in [-0.4, -0.2) is 0 Å². The van der Waals surface area contributed by atoms with Crippen LogP contribution >= 0.6 is 0 Å². The van der Waals surface area contributed by atoms with E-state index in [9.17, 15) is 0 Å². The highest BCUT2D eigenvalue weighted by atomic mass is 13.9. The summed E-state index contributed by atoms with van der Waals surface area (Å²) in [6.07, 6.45) is 7.03. The first kappa shape index (κ1) is 10.7. The maximum absolute atomic E-state index is 3.64. The summed E-state index contributed by atoms with van der Waals surface area (Å²) in [5.41, 5.74) is 1.24. The molecule has 0 aromatic heterocycles. The second-order valence-corrected chi connectivity index (χ2v) is 2.34. The molecule has 1 aromatic carbocycles. The highest BCUT2D eigenvalue weighted by molar-refractivity contribution is 5.48. The number of rotatable bonds is 3. The van der Waals surface area contributed by atoms with Crippen LogP contribution in [0.2, 0.25) is 0 Å². The van der Waals surface area contributed by atoms with Crippen molar-refractivity contribution < 1.29 is 0 Å². The van der Waals surface area contributed by atoms with E-state index in [1.54, 1.807) is 0 Å². The molecule has 0 amide bonds. The van der Waals surface area contributed by atoms with Crippen molar-refractivity contribution in [3.63, 3.8) is 0 Å². The van der Waals surface area contributed by atoms with E-state index in [0.29, 0.717) is 0 Å². The molecule has 0 heteroatoms. The number of hydrogen-bond donors (Lipinski definition) is 0. The van der Waals surface area contributed by atoms with Crippen LogP contribution in [0.25, 0.3) is 6.08 Å². The van der Waals surface area contributed by atoms with Gasteiger partial charge in [-0.2, -0.15) is 0 Å². The summed E-state index contributed by atoms with van der Waals surface area (Å²) < 4.78 is 0. The van der Waals surface area contributed by atoms with Crippen molar-refractivity contribution in [3.8, 4) is 0 Å². The first-order chi connectivity index (χ1) is 5.43. The molecule has 0 nitrogen and oxygen atoms in total. The quantitative estimate of drug-likeness (QED) is 0.589. The lowest BCUT2D eigenvalue weighted by Crippen LogP contribution is -1.67. The van der Waals surface area contributed by atoms with Crippen molar-refractivity contribution in [3.05, 3.63) is 62.1 Å². The largest absolute Gasteiger partial charge is 0.103 e. The third kappa shape index (κ3) is 3.77. The van der Waals surface area contributed by atoms with E-state index in [4.69, 9.17) is 0 Å². The highest BCUT2D eigenvalue weighted by Gasteiger charge is 1.79. The summed E-state index contributed by atoms with van der Waals surface area (Å²) in [4.78, 5) is 0. The molecule has 60 valence electrons. The molecular weight excluding hydrogens is 144 g/mol. The van der Waals surface area contributed by atoms with E-state index in [1.165, 1.54) is 5.56 Å². The van der Waals surface area contributed by atoms with E-state index in [0.717, 1.165) is 6.42 Å². The van der Waals surface area contributed by atoms with Gasteiger partial charge in [0.25, 0.3) is 0 Å². The maximum Gasteiger partial charge on any atom is 0 e. The average Bonchev–Trinajstić information content (AvgIpc) is 2.07. The van der Waals surface area contributed by atoms with Crippen LogP contribution in [0.15, 0.2) is 49.1 Å². The molecule has 0 saturated heterocycles. The van der Waals surface area contributed by atoms with Gasteiger partial charge in [-0.05, 0) is 12.0 Å². The molecule has 0 fully saturated rings. The Morgan fingerprint density at radius 1 is 1.17 bits per heavy atom. The Morgan fingerprint density at radius 2 is 1.83 bits per heavy atom. The minimum atomic E-state index is 0. The fourth-order valence-electron chi connectivity index (χ4n) is 0.864. The summed E-state index contributed by atoms with van der Waals surface area (Å²) in [6, 6.07) is 10.3. The highest BCUT2D eigenvalue weighted by Crippen LogP contribution is 2.01. The maximum atomic E-state index is 3.64. The second-order valence-electron chi connectivity index (χ2n) is 2.34. The first-order valence-corrected chi connectivity index (χ1v) is 3.76. The Hall–Kier alpha value is -1.30. The standard InChI is InChI=1S/C11H12.C/c1-2-3-5-8-11-9-6-4-7-10-11;/h2,4-10H,1,3H2;. The van der Waals surface area contributed by atoms with Gasteiger partial charge in [0.05, 0.1) is 0 Å². The van der Waals surface area contributed by atoms with Gasteiger partial charge in [0.1, 0.15) is 0 Å². The SMILES string of the molecule is C=CCC=Cc1ccccc1.[C]. The number of hydrogen-bond acceptors (Lipinski definition) is 0. The molecule has 1 rings (SSSR count). The lowest BCUT2D eigenvalue weighted by Gasteiger charge is -1.88. The summed E-state index contributed by atoms with van der Waals surface area (Å²) in [5.74, 6) is 0. The van der Waals surface area contributed by atoms with E-state index in [-0.39, 0.29) is 7.43 Å². The van der Waals surface area contributed by atoms with Gasteiger partial charge in [0.15, 0.2) is 0 Å². The molecule has 0 aliphatic heterocycles. The predicted molar refractivity (Wildman–Crippen MR) is 53.5 cm³/mol. The molecule has 0 heterocycles. The van der Waals surface area contributed by atoms with E-state index < -0.39 is 0 Å². The average molecular weight is 156 g/mol. The molecule has 4 radical (unpaired) electrons. The van der Waals surface area contributed by atoms with Crippen LogP contribution in [0.3, 0.4) is 0 Å². The van der Waals surface area contributed by atoms with Crippen molar-refractivity contribution in [2.24, 2.45) is 0 Å². The summed E-state index contributed by atoms with van der Waals surface area (Å²) in [6.45, 7) is 3.64. The second kappa shape index (κ2) is 6.41. The minimum absolute atomic E-state index is 0. The van der Waals surface area contributed by atoms with Gasteiger partial charge in [0.2, 0.25) is 0 Å². The van der Waals surface area contributed by atoms with Crippen LogP contribution in [0.4, 0.5) is 0 Å². The minimum Gasteiger partial charge on any atom is -0.103 e. The van der Waals surface area contributed by atoms with Gasteiger partial charge < -0.3 is 0 Å². The smallest absolute Gasteiger partial charge is 0 e. The summed E-state index contributed by atoms with van der Waals surface area (Å²) in [5, 5.41) is 0. The first-order valence-electron chi connectivity index (χ1n) is 3.76. The Labute approximate surface area is 75.2 Å². The van der Waals surface area contributed by atoms with Crippen molar-refractivity contribution in [1.29, 1.82) is 0 Å². The molecule has 1 aromatic rings. The molecule has 0 spiro atoms. The summed E-state index contributed by atoms with van der Waals surface area (Å²) in [7, 11) is 0. The van der Waals surface area contributed by atoms with Crippen LogP contribution in [0.1, 0.15) is 12.0 Å². The summed E-state index contributed by atoms with van der Waals surface area (Å²) >= 11 is 0. The molecular formula is C12H12. The molecule has 0 N–H and O–H groups in total. The molecule has 0 atom stereocenters. The molecule has 0 bridgehead atoms. The monoisotopic (exact) mass is 156 g/mol. The molecule has 0 aliphatic carbocycles. The Kier molecular flexibility index (Phi) is 5.72. The lowest BCUT2D eigenvalue weighted by atomic mass is 10.2. The van der Waals surface area contributed by atoms with Crippen molar-refractivity contribution in [2.45, 2.75) is 6.42 Å². The van der Waals surface area contributed by atoms with Crippen LogP contribution in [-0.2, 0) is 0 Å². The van der Waals surface area contributed by atoms with E-state index in [1.807, 2.05) is 24.3 Å². The molecule has 0 aliphatic rings. The Morgan fingerprint density at radius 3 is 2.42 bits per heavy atom. The zero-order valence-corrected chi connectivity index (χ0v) is 7.03. The van der Waals surface area contributed by atoms with Crippen LogP contribution < -0.4 is 0 Å². The third-order valence-electron chi connectivity index (χ3n) is 1.41. The Bertz CT molecular complexity index is 231. The third-order valence-corrected chi connectivity index (χ3v) is 1.41. The zero-order valence-electron chi connectivity index (χ0n) is 7.03. The van der Waals surface area contributed by atoms with E-state index >= 15 is 0 Å². The van der Waals surface area contributed by atoms with Gasteiger partial charge in [-0.3, -0.25) is 0 Å². The van der Waals surface area contributed by atoms with Gasteiger partial charge in [-0.25, -0.2) is 0 Å². The molecule has 0 saturated carbocycles.